The first-order chi connectivity index (χ1) is 4.26. The van der Waals surface area contributed by atoms with Crippen LogP contribution < -0.4 is 0 Å². The normalized spacial score (nSPS) is 9.22. The Hall–Kier alpha value is -0.650. The molecule has 1 amide bonds. The van der Waals surface area contributed by atoms with Crippen molar-refractivity contribution in [1.82, 2.24) is 4.90 Å². The van der Waals surface area contributed by atoms with Crippen LogP contribution in [0.15, 0.2) is 0 Å². The molecule has 0 fully saturated rings. The summed E-state index contributed by atoms with van der Waals surface area (Å²) in [5.41, 5.74) is 0. The van der Waals surface area contributed by atoms with Gasteiger partial charge in [0.1, 0.15) is 20.1 Å². The molecule has 0 atom stereocenters. The van der Waals surface area contributed by atoms with Gasteiger partial charge in [-0.05, 0) is 0 Å². The SMILES string of the molecule is O=C(CO)N(CO)CO. The lowest BCUT2D eigenvalue weighted by molar-refractivity contribution is -0.142. The van der Waals surface area contributed by atoms with Crippen molar-refractivity contribution in [3.8, 4) is 0 Å². The molecule has 0 spiro atoms. The second kappa shape index (κ2) is 4.25. The first-order valence-electron chi connectivity index (χ1n) is 2.36. The highest BCUT2D eigenvalue weighted by Gasteiger charge is 2.07. The smallest absolute Gasteiger partial charge is 0.251 e. The van der Waals surface area contributed by atoms with Crippen LogP contribution >= 0.6 is 0 Å². The third kappa shape index (κ3) is 2.41. The van der Waals surface area contributed by atoms with Crippen molar-refractivity contribution in [3.05, 3.63) is 0 Å². The molecule has 5 nitrogen and oxygen atoms in total. The van der Waals surface area contributed by atoms with Crippen LogP contribution in [0.1, 0.15) is 0 Å². The van der Waals surface area contributed by atoms with E-state index in [1.165, 1.54) is 0 Å². The molecule has 9 heavy (non-hydrogen) atoms. The van der Waals surface area contributed by atoms with Gasteiger partial charge in [0.15, 0.2) is 0 Å². The molecule has 0 aliphatic carbocycles. The lowest BCUT2D eigenvalue weighted by Crippen LogP contribution is -2.34. The van der Waals surface area contributed by atoms with Crippen molar-refractivity contribution in [2.24, 2.45) is 0 Å². The Morgan fingerprint density at radius 3 is 1.78 bits per heavy atom. The molecule has 0 saturated carbocycles. The van der Waals surface area contributed by atoms with Crippen molar-refractivity contribution < 1.29 is 20.1 Å². The molecule has 0 aromatic heterocycles. The van der Waals surface area contributed by atoms with Crippen LogP contribution in [0.3, 0.4) is 0 Å². The zero-order valence-electron chi connectivity index (χ0n) is 4.82. The summed E-state index contributed by atoms with van der Waals surface area (Å²) < 4.78 is 0. The fraction of sp³-hybridized carbons (Fsp3) is 0.750. The largest absolute Gasteiger partial charge is 0.387 e. The monoisotopic (exact) mass is 135 g/mol. The molecule has 0 rings (SSSR count). The molecule has 0 radical (unpaired) electrons. The van der Waals surface area contributed by atoms with Crippen LogP contribution in [0.2, 0.25) is 0 Å². The molecule has 0 unspecified atom stereocenters. The Kier molecular flexibility index (Phi) is 3.94. The van der Waals surface area contributed by atoms with E-state index in [2.05, 4.69) is 0 Å². The van der Waals surface area contributed by atoms with Crippen molar-refractivity contribution >= 4 is 5.91 Å². The zero-order chi connectivity index (χ0) is 7.28. The van der Waals surface area contributed by atoms with Crippen LogP contribution in [0.4, 0.5) is 0 Å². The van der Waals surface area contributed by atoms with Crippen LogP contribution in [0.25, 0.3) is 0 Å². The molecule has 0 aromatic carbocycles. The van der Waals surface area contributed by atoms with Gasteiger partial charge in [0.25, 0.3) is 5.91 Å². The highest BCUT2D eigenvalue weighted by atomic mass is 16.3. The predicted molar refractivity (Wildman–Crippen MR) is 28.1 cm³/mol. The van der Waals surface area contributed by atoms with E-state index in [0.717, 1.165) is 0 Å². The summed E-state index contributed by atoms with van der Waals surface area (Å²) in [6.07, 6.45) is 0. The number of rotatable bonds is 3. The van der Waals surface area contributed by atoms with Gasteiger partial charge in [0.05, 0.1) is 0 Å². The molecule has 54 valence electrons. The van der Waals surface area contributed by atoms with Gasteiger partial charge in [0.2, 0.25) is 0 Å². The van der Waals surface area contributed by atoms with Crippen molar-refractivity contribution in [2.45, 2.75) is 0 Å². The first kappa shape index (κ1) is 8.35. The number of hydrogen-bond acceptors (Lipinski definition) is 4. The molecule has 0 aliphatic heterocycles. The number of aliphatic hydroxyl groups excluding tert-OH is 3. The van der Waals surface area contributed by atoms with Gasteiger partial charge >= 0.3 is 0 Å². The second-order valence-electron chi connectivity index (χ2n) is 1.37. The number of carbonyl (C=O) groups is 1. The van der Waals surface area contributed by atoms with Gasteiger partial charge in [-0.3, -0.25) is 9.69 Å². The molecule has 3 N–H and O–H groups in total. The summed E-state index contributed by atoms with van der Waals surface area (Å²) in [6, 6.07) is 0. The number of carbonyl (C=O) groups excluding carboxylic acids is 1. The molecular weight excluding hydrogens is 126 g/mol. The summed E-state index contributed by atoms with van der Waals surface area (Å²) in [5.74, 6) is -0.694. The Morgan fingerprint density at radius 1 is 1.22 bits per heavy atom. The van der Waals surface area contributed by atoms with E-state index in [1.54, 1.807) is 0 Å². The third-order valence-electron chi connectivity index (χ3n) is 0.829. The Morgan fingerprint density at radius 2 is 1.67 bits per heavy atom. The number of hydrogen-bond donors (Lipinski definition) is 3. The quantitative estimate of drug-likeness (QED) is 0.380. The van der Waals surface area contributed by atoms with E-state index >= 15 is 0 Å². The van der Waals surface area contributed by atoms with Gasteiger partial charge in [0, 0.05) is 0 Å². The average molecular weight is 135 g/mol. The van der Waals surface area contributed by atoms with Gasteiger partial charge in [-0.2, -0.15) is 0 Å². The fourth-order valence-electron chi connectivity index (χ4n) is 0.302. The van der Waals surface area contributed by atoms with Gasteiger partial charge in [-0.1, -0.05) is 0 Å². The summed E-state index contributed by atoms with van der Waals surface area (Å²) >= 11 is 0. The highest BCUT2D eigenvalue weighted by Crippen LogP contribution is 1.82. The lowest BCUT2D eigenvalue weighted by Gasteiger charge is -2.13. The Bertz CT molecular complexity index is 90.6. The van der Waals surface area contributed by atoms with E-state index in [1.807, 2.05) is 0 Å². The summed E-state index contributed by atoms with van der Waals surface area (Å²) in [4.78, 5) is 11.0. The van der Waals surface area contributed by atoms with E-state index in [4.69, 9.17) is 15.3 Å². The Labute approximate surface area is 52.1 Å². The average Bonchev–Trinajstić information content (AvgIpc) is 1.90. The summed E-state index contributed by atoms with van der Waals surface area (Å²) in [6.45, 7) is -1.84. The zero-order valence-corrected chi connectivity index (χ0v) is 4.82. The van der Waals surface area contributed by atoms with Crippen molar-refractivity contribution in [2.75, 3.05) is 20.1 Å². The number of aliphatic hydroxyl groups is 3. The van der Waals surface area contributed by atoms with E-state index in [9.17, 15) is 4.79 Å². The van der Waals surface area contributed by atoms with Crippen LogP contribution in [-0.2, 0) is 4.79 Å². The minimum atomic E-state index is -0.694. The molecular formula is C4H9NO4. The minimum absolute atomic E-state index is 0.574. The summed E-state index contributed by atoms with van der Waals surface area (Å²) in [7, 11) is 0. The van der Waals surface area contributed by atoms with Gasteiger partial charge in [-0.15, -0.1) is 0 Å². The molecule has 0 saturated heterocycles. The van der Waals surface area contributed by atoms with Crippen LogP contribution in [0.5, 0.6) is 0 Å². The second-order valence-corrected chi connectivity index (χ2v) is 1.37. The topological polar surface area (TPSA) is 81.0 Å². The lowest BCUT2D eigenvalue weighted by atomic mass is 10.6. The fourth-order valence-corrected chi connectivity index (χ4v) is 0.302. The maximum absolute atomic E-state index is 10.3. The van der Waals surface area contributed by atoms with E-state index in [-0.39, 0.29) is 0 Å². The minimum Gasteiger partial charge on any atom is -0.387 e. The maximum Gasteiger partial charge on any atom is 0.251 e. The van der Waals surface area contributed by atoms with E-state index in [0.29, 0.717) is 4.90 Å². The summed E-state index contributed by atoms with van der Waals surface area (Å²) in [5, 5.41) is 24.7. The van der Waals surface area contributed by atoms with Crippen LogP contribution in [-0.4, -0.2) is 46.2 Å². The number of amides is 1. The van der Waals surface area contributed by atoms with E-state index < -0.39 is 26.0 Å². The molecule has 0 aliphatic rings. The highest BCUT2D eigenvalue weighted by molar-refractivity contribution is 5.76. The van der Waals surface area contributed by atoms with Crippen LogP contribution in [0, 0.1) is 0 Å². The van der Waals surface area contributed by atoms with Crippen molar-refractivity contribution in [3.63, 3.8) is 0 Å². The maximum atomic E-state index is 10.3. The van der Waals surface area contributed by atoms with Crippen molar-refractivity contribution in [1.29, 1.82) is 0 Å². The molecule has 0 heterocycles. The third-order valence-corrected chi connectivity index (χ3v) is 0.829. The first-order valence-corrected chi connectivity index (χ1v) is 2.36. The van der Waals surface area contributed by atoms with Gasteiger partial charge in [-0.25, -0.2) is 0 Å². The Balaban J connectivity index is 3.64. The molecule has 5 heteroatoms. The molecule has 0 aromatic rings. The number of nitrogens with zero attached hydrogens (tertiary/aromatic N) is 1. The van der Waals surface area contributed by atoms with Gasteiger partial charge < -0.3 is 15.3 Å². The molecule has 0 bridgehead atoms. The standard InChI is InChI=1S/C4H9NO4/c6-1-4(9)5(2-7)3-8/h6-8H,1-3H2. The predicted octanol–water partition coefficient (Wildman–Crippen LogP) is -2.29.